The third kappa shape index (κ3) is 5.39. The Labute approximate surface area is 178 Å². The number of amides is 2. The molecule has 0 aromatic heterocycles. The highest BCUT2D eigenvalue weighted by Gasteiger charge is 2.39. The highest BCUT2D eigenvalue weighted by atomic mass is 32.2. The Bertz CT molecular complexity index is 872. The fourth-order valence-corrected chi connectivity index (χ4v) is 5.23. The van der Waals surface area contributed by atoms with Gasteiger partial charge in [0.15, 0.2) is 0 Å². The van der Waals surface area contributed by atoms with Crippen molar-refractivity contribution in [1.82, 2.24) is 9.21 Å². The van der Waals surface area contributed by atoms with Crippen molar-refractivity contribution in [3.63, 3.8) is 0 Å². The highest BCUT2D eigenvalue weighted by Crippen LogP contribution is 2.44. The van der Waals surface area contributed by atoms with Crippen LogP contribution in [0.25, 0.3) is 0 Å². The molecule has 1 N–H and O–H groups in total. The van der Waals surface area contributed by atoms with Crippen LogP contribution in [0.2, 0.25) is 0 Å². The standard InChI is InChI=1S/C21H31N3O5S/c1-23(2)30(27,28)18-7-5-6-17(14-18)22-19(25)15-21(8-3-4-9-21)16-20(26)24-10-12-29-13-11-24/h5-7,14H,3-4,8-13,15-16H2,1-2H3,(H,22,25). The summed E-state index contributed by atoms with van der Waals surface area (Å²) in [6.45, 7) is 2.33. The summed E-state index contributed by atoms with van der Waals surface area (Å²) in [6.07, 6.45) is 4.36. The molecule has 3 rings (SSSR count). The van der Waals surface area contributed by atoms with E-state index in [-0.39, 0.29) is 28.5 Å². The lowest BCUT2D eigenvalue weighted by Gasteiger charge is -2.33. The minimum absolute atomic E-state index is 0.0899. The molecule has 8 nitrogen and oxygen atoms in total. The van der Waals surface area contributed by atoms with E-state index in [0.29, 0.717) is 38.4 Å². The van der Waals surface area contributed by atoms with E-state index in [1.807, 2.05) is 4.90 Å². The maximum atomic E-state index is 12.8. The van der Waals surface area contributed by atoms with Crippen molar-refractivity contribution >= 4 is 27.5 Å². The van der Waals surface area contributed by atoms with Crippen molar-refractivity contribution in [3.8, 4) is 0 Å². The molecular weight excluding hydrogens is 406 g/mol. The predicted molar refractivity (Wildman–Crippen MR) is 113 cm³/mol. The number of morpholine rings is 1. The first-order chi connectivity index (χ1) is 14.2. The van der Waals surface area contributed by atoms with Crippen LogP contribution < -0.4 is 5.32 Å². The van der Waals surface area contributed by atoms with E-state index < -0.39 is 10.0 Å². The zero-order valence-electron chi connectivity index (χ0n) is 17.7. The second-order valence-electron chi connectivity index (χ2n) is 8.42. The molecule has 2 aliphatic rings. The SMILES string of the molecule is CN(C)S(=O)(=O)c1cccc(NC(=O)CC2(CC(=O)N3CCOCC3)CCCC2)c1. The van der Waals surface area contributed by atoms with Crippen LogP contribution in [0.3, 0.4) is 0 Å². The zero-order chi connectivity index (χ0) is 21.8. The molecule has 1 saturated carbocycles. The molecule has 0 unspecified atom stereocenters. The van der Waals surface area contributed by atoms with Gasteiger partial charge in [-0.15, -0.1) is 0 Å². The van der Waals surface area contributed by atoms with Gasteiger partial charge >= 0.3 is 0 Å². The lowest BCUT2D eigenvalue weighted by molar-refractivity contribution is -0.138. The van der Waals surface area contributed by atoms with E-state index >= 15 is 0 Å². The Balaban J connectivity index is 1.67. The van der Waals surface area contributed by atoms with Gasteiger partial charge in [-0.2, -0.15) is 0 Å². The summed E-state index contributed by atoms with van der Waals surface area (Å²) in [7, 11) is -0.640. The molecule has 2 fully saturated rings. The maximum absolute atomic E-state index is 12.8. The van der Waals surface area contributed by atoms with Gasteiger partial charge in [-0.3, -0.25) is 9.59 Å². The molecule has 9 heteroatoms. The molecule has 0 bridgehead atoms. The van der Waals surface area contributed by atoms with E-state index in [2.05, 4.69) is 5.32 Å². The molecule has 1 aromatic rings. The van der Waals surface area contributed by atoms with E-state index in [9.17, 15) is 18.0 Å². The number of hydrogen-bond acceptors (Lipinski definition) is 5. The number of nitrogens with one attached hydrogen (secondary N) is 1. The van der Waals surface area contributed by atoms with Crippen molar-refractivity contribution in [1.29, 1.82) is 0 Å². The number of rotatable bonds is 7. The Morgan fingerprint density at radius 2 is 1.80 bits per heavy atom. The molecule has 1 aliphatic carbocycles. The highest BCUT2D eigenvalue weighted by molar-refractivity contribution is 7.89. The van der Waals surface area contributed by atoms with Crippen molar-refractivity contribution in [3.05, 3.63) is 24.3 Å². The van der Waals surface area contributed by atoms with E-state index in [1.54, 1.807) is 12.1 Å². The molecule has 1 aliphatic heterocycles. The molecule has 0 atom stereocenters. The largest absolute Gasteiger partial charge is 0.378 e. The molecule has 166 valence electrons. The second kappa shape index (κ2) is 9.45. The first-order valence-electron chi connectivity index (χ1n) is 10.4. The maximum Gasteiger partial charge on any atom is 0.242 e. The molecule has 0 radical (unpaired) electrons. The number of carbonyl (C=O) groups excluding carboxylic acids is 2. The summed E-state index contributed by atoms with van der Waals surface area (Å²) in [5.41, 5.74) is 0.114. The van der Waals surface area contributed by atoms with Crippen molar-refractivity contribution in [2.75, 3.05) is 45.7 Å². The third-order valence-corrected chi connectivity index (χ3v) is 7.80. The normalized spacial score (nSPS) is 19.1. The topological polar surface area (TPSA) is 96.0 Å². The summed E-state index contributed by atoms with van der Waals surface area (Å²) in [6, 6.07) is 6.25. The van der Waals surface area contributed by atoms with Gasteiger partial charge in [-0.25, -0.2) is 12.7 Å². The summed E-state index contributed by atoms with van der Waals surface area (Å²) in [4.78, 5) is 27.6. The van der Waals surface area contributed by atoms with Gasteiger partial charge in [0.2, 0.25) is 21.8 Å². The number of carbonyl (C=O) groups is 2. The zero-order valence-corrected chi connectivity index (χ0v) is 18.5. The molecule has 1 heterocycles. The Hall–Kier alpha value is -1.97. The number of sulfonamides is 1. The number of benzene rings is 1. The number of anilines is 1. The van der Waals surface area contributed by atoms with Gasteiger partial charge in [0.1, 0.15) is 0 Å². The van der Waals surface area contributed by atoms with Gasteiger partial charge in [0, 0.05) is 45.7 Å². The van der Waals surface area contributed by atoms with Gasteiger partial charge in [-0.05, 0) is 36.5 Å². The minimum atomic E-state index is -3.58. The molecule has 30 heavy (non-hydrogen) atoms. The smallest absolute Gasteiger partial charge is 0.242 e. The van der Waals surface area contributed by atoms with Gasteiger partial charge in [0.25, 0.3) is 0 Å². The molecular formula is C21H31N3O5S. The summed E-state index contributed by atoms with van der Waals surface area (Å²) in [5.74, 6) is -0.0989. The summed E-state index contributed by atoms with van der Waals surface area (Å²) in [5, 5.41) is 2.83. The molecule has 2 amide bonds. The Kier molecular flexibility index (Phi) is 7.15. The number of ether oxygens (including phenoxy) is 1. The molecule has 0 spiro atoms. The third-order valence-electron chi connectivity index (χ3n) is 5.99. The first kappa shape index (κ1) is 22.7. The second-order valence-corrected chi connectivity index (χ2v) is 10.6. The Morgan fingerprint density at radius 3 is 2.43 bits per heavy atom. The number of nitrogens with zero attached hydrogens (tertiary/aromatic N) is 2. The van der Waals surface area contributed by atoms with Crippen molar-refractivity contribution < 1.29 is 22.7 Å². The van der Waals surface area contributed by atoms with E-state index in [0.717, 1.165) is 30.0 Å². The van der Waals surface area contributed by atoms with Crippen LogP contribution in [0.5, 0.6) is 0 Å². The monoisotopic (exact) mass is 437 g/mol. The van der Waals surface area contributed by atoms with Crippen molar-refractivity contribution in [2.45, 2.75) is 43.4 Å². The van der Waals surface area contributed by atoms with Crippen LogP contribution >= 0.6 is 0 Å². The summed E-state index contributed by atoms with van der Waals surface area (Å²) >= 11 is 0. The fourth-order valence-electron chi connectivity index (χ4n) is 4.28. The lowest BCUT2D eigenvalue weighted by atomic mass is 9.78. The van der Waals surface area contributed by atoms with E-state index in [1.165, 1.54) is 26.2 Å². The first-order valence-corrected chi connectivity index (χ1v) is 11.8. The van der Waals surface area contributed by atoms with Crippen LogP contribution in [0.4, 0.5) is 5.69 Å². The molecule has 1 saturated heterocycles. The van der Waals surface area contributed by atoms with Crippen molar-refractivity contribution in [2.24, 2.45) is 5.41 Å². The van der Waals surface area contributed by atoms with Crippen LogP contribution in [-0.4, -0.2) is 69.8 Å². The van der Waals surface area contributed by atoms with Gasteiger partial charge < -0.3 is 15.0 Å². The Morgan fingerprint density at radius 1 is 1.13 bits per heavy atom. The quantitative estimate of drug-likeness (QED) is 0.705. The van der Waals surface area contributed by atoms with Crippen LogP contribution in [0.15, 0.2) is 29.2 Å². The fraction of sp³-hybridized carbons (Fsp3) is 0.619. The van der Waals surface area contributed by atoms with E-state index in [4.69, 9.17) is 4.74 Å². The minimum Gasteiger partial charge on any atom is -0.378 e. The predicted octanol–water partition coefficient (Wildman–Crippen LogP) is 2.07. The van der Waals surface area contributed by atoms with Crippen LogP contribution in [-0.2, 0) is 24.3 Å². The lowest BCUT2D eigenvalue weighted by Crippen LogP contribution is -2.43. The van der Waals surface area contributed by atoms with Crippen LogP contribution in [0, 0.1) is 5.41 Å². The van der Waals surface area contributed by atoms with Crippen LogP contribution in [0.1, 0.15) is 38.5 Å². The average Bonchev–Trinajstić information content (AvgIpc) is 3.16. The van der Waals surface area contributed by atoms with Gasteiger partial charge in [0.05, 0.1) is 18.1 Å². The average molecular weight is 438 g/mol. The number of hydrogen-bond donors (Lipinski definition) is 1. The summed E-state index contributed by atoms with van der Waals surface area (Å²) < 4.78 is 31.1. The molecule has 1 aromatic carbocycles. The van der Waals surface area contributed by atoms with Gasteiger partial charge in [-0.1, -0.05) is 18.9 Å².